The van der Waals surface area contributed by atoms with E-state index in [1.807, 2.05) is 0 Å². The Morgan fingerprint density at radius 2 is 1.64 bits per heavy atom. The fraction of sp³-hybridized carbons (Fsp3) is 0.286. The van der Waals surface area contributed by atoms with Crippen molar-refractivity contribution < 1.29 is 54.4 Å². The molecule has 3 aromatic rings. The van der Waals surface area contributed by atoms with E-state index in [-0.39, 0.29) is 28.0 Å². The van der Waals surface area contributed by atoms with E-state index in [1.54, 1.807) is 0 Å². The van der Waals surface area contributed by atoms with Crippen LogP contribution >= 0.6 is 0 Å². The molecule has 176 valence electrons. The van der Waals surface area contributed by atoms with E-state index in [9.17, 15) is 40.5 Å². The third-order valence-corrected chi connectivity index (χ3v) is 5.21. The van der Waals surface area contributed by atoms with Crippen LogP contribution in [0.1, 0.15) is 0 Å². The second-order valence-corrected chi connectivity index (χ2v) is 7.30. The lowest BCUT2D eigenvalue weighted by molar-refractivity contribution is -0.117. The molecule has 0 amide bonds. The fourth-order valence-electron chi connectivity index (χ4n) is 3.49. The van der Waals surface area contributed by atoms with Crippen molar-refractivity contribution in [2.45, 2.75) is 24.6 Å². The van der Waals surface area contributed by atoms with Gasteiger partial charge in [0.25, 0.3) is 0 Å². The molecule has 7 N–H and O–H groups in total. The van der Waals surface area contributed by atoms with Crippen molar-refractivity contribution in [3.8, 4) is 45.8 Å². The van der Waals surface area contributed by atoms with E-state index in [4.69, 9.17) is 18.6 Å². The Hall–Kier alpha value is -3.71. The van der Waals surface area contributed by atoms with Gasteiger partial charge in [-0.25, -0.2) is 0 Å². The highest BCUT2D eigenvalue weighted by Crippen LogP contribution is 2.43. The van der Waals surface area contributed by atoms with Gasteiger partial charge in [-0.1, -0.05) is 0 Å². The van der Waals surface area contributed by atoms with Gasteiger partial charge in [-0.3, -0.25) is 4.79 Å². The topological polar surface area (TPSA) is 200 Å². The van der Waals surface area contributed by atoms with Crippen LogP contribution in [0.15, 0.2) is 33.5 Å². The van der Waals surface area contributed by atoms with Crippen molar-refractivity contribution in [3.05, 3.63) is 34.5 Å². The molecule has 2 aromatic carbocycles. The lowest BCUT2D eigenvalue weighted by Crippen LogP contribution is -2.36. The number of phenols is 4. The van der Waals surface area contributed by atoms with Crippen molar-refractivity contribution in [2.75, 3.05) is 13.7 Å². The minimum atomic E-state index is -1.66. The normalized spacial score (nSPS) is 22.5. The third-order valence-electron chi connectivity index (χ3n) is 5.21. The summed E-state index contributed by atoms with van der Waals surface area (Å²) < 4.78 is 21.6. The Bertz CT molecular complexity index is 1240. The van der Waals surface area contributed by atoms with Gasteiger partial charge in [-0.05, 0) is 12.1 Å². The average Bonchev–Trinajstić information content (AvgIpc) is 3.06. The molecule has 1 aromatic heterocycles. The quantitative estimate of drug-likeness (QED) is 0.252. The Balaban J connectivity index is 1.95. The molecule has 0 spiro atoms. The molecular formula is C21H20O12. The lowest BCUT2D eigenvalue weighted by atomic mass is 10.1. The minimum Gasteiger partial charge on any atom is -0.507 e. The first-order chi connectivity index (χ1) is 15.7. The predicted octanol–water partition coefficient (Wildman–Crippen LogP) is 0.109. The zero-order valence-electron chi connectivity index (χ0n) is 17.0. The molecule has 1 saturated heterocycles. The van der Waals surface area contributed by atoms with Crippen LogP contribution in [0.5, 0.6) is 34.5 Å². The van der Waals surface area contributed by atoms with Crippen LogP contribution in [0.3, 0.4) is 0 Å². The number of ether oxygens (including phenoxy) is 3. The zero-order chi connectivity index (χ0) is 24.0. The summed E-state index contributed by atoms with van der Waals surface area (Å²) in [5, 5.41) is 69.0. The number of aliphatic hydroxyl groups excluding tert-OH is 3. The zero-order valence-corrected chi connectivity index (χ0v) is 17.0. The van der Waals surface area contributed by atoms with E-state index >= 15 is 0 Å². The summed E-state index contributed by atoms with van der Waals surface area (Å²) in [5.41, 5.74) is -1.19. The molecule has 33 heavy (non-hydrogen) atoms. The van der Waals surface area contributed by atoms with Crippen LogP contribution in [0.4, 0.5) is 0 Å². The van der Waals surface area contributed by atoms with Crippen LogP contribution in [0.2, 0.25) is 0 Å². The molecule has 4 unspecified atom stereocenters. The lowest BCUT2D eigenvalue weighted by Gasteiger charge is -2.19. The highest BCUT2D eigenvalue weighted by Gasteiger charge is 2.44. The number of rotatable bonds is 5. The number of phenolic OH excluding ortho intramolecular Hbond substituents is 4. The highest BCUT2D eigenvalue weighted by atomic mass is 16.7. The maximum absolute atomic E-state index is 13.3. The second kappa shape index (κ2) is 8.33. The summed E-state index contributed by atoms with van der Waals surface area (Å²) in [4.78, 5) is 13.3. The molecule has 1 aliphatic heterocycles. The van der Waals surface area contributed by atoms with E-state index in [2.05, 4.69) is 0 Å². The first-order valence-corrected chi connectivity index (χ1v) is 9.58. The van der Waals surface area contributed by atoms with Crippen molar-refractivity contribution in [3.63, 3.8) is 0 Å². The Kier molecular flexibility index (Phi) is 5.68. The summed E-state index contributed by atoms with van der Waals surface area (Å²) >= 11 is 0. The van der Waals surface area contributed by atoms with Crippen LogP contribution in [-0.2, 0) is 4.74 Å². The molecule has 12 nitrogen and oxygen atoms in total. The van der Waals surface area contributed by atoms with Crippen molar-refractivity contribution >= 4 is 11.0 Å². The maximum atomic E-state index is 13.3. The largest absolute Gasteiger partial charge is 0.507 e. The first kappa shape index (κ1) is 22.5. The Labute approximate surface area is 184 Å². The van der Waals surface area contributed by atoms with Gasteiger partial charge in [0.05, 0.1) is 13.7 Å². The van der Waals surface area contributed by atoms with E-state index in [0.29, 0.717) is 0 Å². The van der Waals surface area contributed by atoms with Gasteiger partial charge in [-0.2, -0.15) is 0 Å². The SMILES string of the molecule is COc1cc(O)c2c(=O)c(OC3OC(CO)C(O)C3O)c(-c3cc(O)c(O)c(O)c3)oc2c1. The van der Waals surface area contributed by atoms with Gasteiger partial charge < -0.3 is 54.4 Å². The average molecular weight is 464 g/mol. The monoisotopic (exact) mass is 464 g/mol. The number of methoxy groups -OCH3 is 1. The number of aromatic hydroxyl groups is 4. The molecule has 2 heterocycles. The summed E-state index contributed by atoms with van der Waals surface area (Å²) in [6, 6.07) is 4.41. The fourth-order valence-corrected chi connectivity index (χ4v) is 3.49. The molecular weight excluding hydrogens is 444 g/mol. The van der Waals surface area contributed by atoms with Crippen LogP contribution in [0.25, 0.3) is 22.3 Å². The van der Waals surface area contributed by atoms with Gasteiger partial charge in [0.2, 0.25) is 17.5 Å². The summed E-state index contributed by atoms with van der Waals surface area (Å²) in [5.74, 6) is -3.62. The summed E-state index contributed by atoms with van der Waals surface area (Å²) in [6.45, 7) is -0.641. The van der Waals surface area contributed by atoms with Gasteiger partial charge in [0.15, 0.2) is 23.0 Å². The van der Waals surface area contributed by atoms with Crippen LogP contribution < -0.4 is 14.9 Å². The molecule has 0 bridgehead atoms. The van der Waals surface area contributed by atoms with E-state index < -0.39 is 65.4 Å². The highest BCUT2D eigenvalue weighted by molar-refractivity contribution is 5.88. The van der Waals surface area contributed by atoms with Crippen molar-refractivity contribution in [1.29, 1.82) is 0 Å². The van der Waals surface area contributed by atoms with Crippen LogP contribution in [-0.4, -0.2) is 74.1 Å². The first-order valence-electron chi connectivity index (χ1n) is 9.58. The maximum Gasteiger partial charge on any atom is 0.239 e. The molecule has 0 saturated carbocycles. The second-order valence-electron chi connectivity index (χ2n) is 7.30. The minimum absolute atomic E-state index is 0.120. The smallest absolute Gasteiger partial charge is 0.239 e. The van der Waals surface area contributed by atoms with Crippen molar-refractivity contribution in [1.82, 2.24) is 0 Å². The predicted molar refractivity (Wildman–Crippen MR) is 110 cm³/mol. The van der Waals surface area contributed by atoms with Gasteiger partial charge in [0, 0.05) is 17.7 Å². The molecule has 0 radical (unpaired) electrons. The standard InChI is InChI=1S/C21H20O12/c1-30-8-4-9(23)14-12(5-8)31-19(7-2-10(24)15(26)11(25)3-7)20(17(14)28)33-21-18(29)16(27)13(6-22)32-21/h2-5,13,16,18,21-27,29H,6H2,1H3. The number of benzene rings is 2. The Morgan fingerprint density at radius 1 is 0.970 bits per heavy atom. The molecule has 0 aliphatic carbocycles. The molecule has 4 rings (SSSR count). The number of hydrogen-bond acceptors (Lipinski definition) is 12. The molecule has 1 fully saturated rings. The Morgan fingerprint density at radius 3 is 2.21 bits per heavy atom. The molecule has 1 aliphatic rings. The van der Waals surface area contributed by atoms with Crippen LogP contribution in [0, 0.1) is 0 Å². The number of aliphatic hydroxyl groups is 3. The molecule has 4 atom stereocenters. The third kappa shape index (κ3) is 3.74. The number of hydrogen-bond donors (Lipinski definition) is 7. The van der Waals surface area contributed by atoms with Crippen molar-refractivity contribution in [2.24, 2.45) is 0 Å². The van der Waals surface area contributed by atoms with Gasteiger partial charge in [0.1, 0.15) is 40.8 Å². The molecule has 12 heteroatoms. The van der Waals surface area contributed by atoms with Gasteiger partial charge in [-0.15, -0.1) is 0 Å². The summed E-state index contributed by atoms with van der Waals surface area (Å²) in [7, 11) is 1.33. The summed E-state index contributed by atoms with van der Waals surface area (Å²) in [6.07, 6.45) is -5.98. The van der Waals surface area contributed by atoms with E-state index in [1.165, 1.54) is 13.2 Å². The number of fused-ring (bicyclic) bond motifs is 1. The van der Waals surface area contributed by atoms with Gasteiger partial charge >= 0.3 is 0 Å². The van der Waals surface area contributed by atoms with E-state index in [0.717, 1.165) is 18.2 Å².